The Morgan fingerprint density at radius 3 is 2.49 bits per heavy atom. The topological polar surface area (TPSA) is 75.4 Å². The Labute approximate surface area is 206 Å². The molecular weight excluding hydrogens is 472 g/mol. The molecule has 1 N–H and O–H groups in total. The predicted octanol–water partition coefficient (Wildman–Crippen LogP) is 5.32. The Kier molecular flexibility index (Phi) is 6.48. The summed E-state index contributed by atoms with van der Waals surface area (Å²) in [6, 6.07) is 9.16. The van der Waals surface area contributed by atoms with E-state index in [1.54, 1.807) is 4.68 Å². The number of thioether (sulfide) groups is 1. The van der Waals surface area contributed by atoms with Gasteiger partial charge in [0, 0.05) is 22.6 Å². The number of amides is 1. The first kappa shape index (κ1) is 24.9. The molecule has 6 nitrogen and oxygen atoms in total. The van der Waals surface area contributed by atoms with Crippen LogP contribution in [0.4, 0.5) is 14.6 Å². The van der Waals surface area contributed by atoms with Crippen molar-refractivity contribution in [1.29, 1.82) is 0 Å². The van der Waals surface area contributed by atoms with Gasteiger partial charge in [0.05, 0.1) is 22.4 Å². The summed E-state index contributed by atoms with van der Waals surface area (Å²) in [6.45, 7) is 9.19. The van der Waals surface area contributed by atoms with Crippen LogP contribution in [-0.2, 0) is 15.0 Å². The minimum absolute atomic E-state index is 0.0695. The number of carbonyl (C=O) groups is 2. The van der Waals surface area contributed by atoms with Crippen molar-refractivity contribution in [3.63, 3.8) is 0 Å². The zero-order valence-corrected chi connectivity index (χ0v) is 21.0. The van der Waals surface area contributed by atoms with Crippen molar-refractivity contribution < 1.29 is 23.5 Å². The van der Waals surface area contributed by atoms with Crippen LogP contribution in [0.15, 0.2) is 36.4 Å². The van der Waals surface area contributed by atoms with Crippen LogP contribution in [0.2, 0.25) is 0 Å². The molecule has 0 spiro atoms. The summed E-state index contributed by atoms with van der Waals surface area (Å²) < 4.78 is 30.4. The van der Waals surface area contributed by atoms with Gasteiger partial charge in [0.1, 0.15) is 24.0 Å². The average molecular weight is 500 g/mol. The van der Waals surface area contributed by atoms with Crippen molar-refractivity contribution in [2.75, 3.05) is 17.2 Å². The van der Waals surface area contributed by atoms with Gasteiger partial charge in [-0.3, -0.25) is 14.5 Å². The fourth-order valence-electron chi connectivity index (χ4n) is 4.38. The molecule has 0 saturated heterocycles. The van der Waals surface area contributed by atoms with E-state index in [-0.39, 0.29) is 11.3 Å². The maximum atomic E-state index is 15.1. The van der Waals surface area contributed by atoms with Crippen LogP contribution in [0.5, 0.6) is 0 Å². The van der Waals surface area contributed by atoms with Crippen molar-refractivity contribution in [3.8, 4) is 5.69 Å². The van der Waals surface area contributed by atoms with Crippen molar-refractivity contribution in [2.24, 2.45) is 0 Å². The van der Waals surface area contributed by atoms with Gasteiger partial charge in [0.15, 0.2) is 0 Å². The van der Waals surface area contributed by atoms with E-state index in [9.17, 15) is 19.1 Å². The largest absolute Gasteiger partial charge is 0.480 e. The van der Waals surface area contributed by atoms with Crippen LogP contribution in [0, 0.1) is 25.5 Å². The van der Waals surface area contributed by atoms with E-state index in [0.29, 0.717) is 22.8 Å². The Morgan fingerprint density at radius 1 is 1.17 bits per heavy atom. The van der Waals surface area contributed by atoms with Crippen molar-refractivity contribution in [2.45, 2.75) is 45.3 Å². The number of anilines is 1. The van der Waals surface area contributed by atoms with Crippen LogP contribution >= 0.6 is 11.8 Å². The summed E-state index contributed by atoms with van der Waals surface area (Å²) in [7, 11) is 0. The fourth-order valence-corrected chi connectivity index (χ4v) is 5.60. The highest BCUT2D eigenvalue weighted by Gasteiger charge is 2.40. The minimum atomic E-state index is -1.17. The molecule has 1 aliphatic rings. The number of carboxylic acid groups (broad SMARTS) is 1. The highest BCUT2D eigenvalue weighted by atomic mass is 32.2. The van der Waals surface area contributed by atoms with Gasteiger partial charge in [-0.15, -0.1) is 11.8 Å². The second-order valence-electron chi connectivity index (χ2n) is 9.77. The van der Waals surface area contributed by atoms with Crippen LogP contribution in [0.25, 0.3) is 5.69 Å². The molecule has 4 rings (SSSR count). The van der Waals surface area contributed by atoms with E-state index in [1.807, 2.05) is 52.8 Å². The monoisotopic (exact) mass is 499 g/mol. The number of hydrogen-bond acceptors (Lipinski definition) is 4. The van der Waals surface area contributed by atoms with Crippen LogP contribution in [-0.4, -0.2) is 39.1 Å². The lowest BCUT2D eigenvalue weighted by atomic mass is 9.87. The lowest BCUT2D eigenvalue weighted by Crippen LogP contribution is -2.38. The predicted molar refractivity (Wildman–Crippen MR) is 132 cm³/mol. The third-order valence-corrected chi connectivity index (χ3v) is 7.15. The van der Waals surface area contributed by atoms with Crippen molar-refractivity contribution in [1.82, 2.24) is 9.78 Å². The van der Waals surface area contributed by atoms with E-state index in [1.165, 1.54) is 28.8 Å². The summed E-state index contributed by atoms with van der Waals surface area (Å²) in [4.78, 5) is 26.3. The number of halogens is 2. The van der Waals surface area contributed by atoms with Gasteiger partial charge in [-0.25, -0.2) is 13.5 Å². The molecule has 1 unspecified atom stereocenters. The Hall–Kier alpha value is -3.20. The molecule has 9 heteroatoms. The van der Waals surface area contributed by atoms with E-state index in [2.05, 4.69) is 0 Å². The van der Waals surface area contributed by atoms with Gasteiger partial charge in [-0.2, -0.15) is 5.10 Å². The first-order valence-corrected chi connectivity index (χ1v) is 12.2. The molecule has 0 fully saturated rings. The van der Waals surface area contributed by atoms with E-state index >= 15 is 4.39 Å². The highest BCUT2D eigenvalue weighted by molar-refractivity contribution is 8.00. The highest BCUT2D eigenvalue weighted by Crippen LogP contribution is 2.49. The minimum Gasteiger partial charge on any atom is -0.480 e. The number of nitrogens with zero attached hydrogens (tertiary/aromatic N) is 3. The molecule has 184 valence electrons. The smallest absolute Gasteiger partial charge is 0.323 e. The quantitative estimate of drug-likeness (QED) is 0.526. The number of aromatic nitrogens is 2. The lowest BCUT2D eigenvalue weighted by Gasteiger charge is -2.24. The molecule has 35 heavy (non-hydrogen) atoms. The fraction of sp³-hybridized carbons (Fsp3) is 0.346. The van der Waals surface area contributed by atoms with Gasteiger partial charge in [-0.1, -0.05) is 44.5 Å². The summed E-state index contributed by atoms with van der Waals surface area (Å²) >= 11 is 1.18. The standard InChI is InChI=1S/C26H27F2N3O3S/c1-14-6-9-19(15(2)10-14)31-25-22(24(29-31)26(3,4)5)23(17-8-7-16(27)11-18(17)28)35-13-20(32)30(25)12-21(33)34/h6-11,23H,12-13H2,1-5H3,(H,33,34). The van der Waals surface area contributed by atoms with E-state index in [4.69, 9.17) is 5.10 Å². The molecule has 2 aromatic carbocycles. The normalized spacial score (nSPS) is 16.3. The molecule has 1 atom stereocenters. The number of fused-ring (bicyclic) bond motifs is 1. The molecule has 1 amide bonds. The molecule has 0 aliphatic carbocycles. The van der Waals surface area contributed by atoms with Gasteiger partial charge >= 0.3 is 5.97 Å². The van der Waals surface area contributed by atoms with Crippen LogP contribution < -0.4 is 4.90 Å². The molecule has 0 bridgehead atoms. The molecule has 0 radical (unpaired) electrons. The molecular formula is C26H27F2N3O3S. The number of aliphatic carboxylic acids is 1. The summed E-state index contributed by atoms with van der Waals surface area (Å²) in [6.07, 6.45) is 0. The van der Waals surface area contributed by atoms with Gasteiger partial charge < -0.3 is 5.11 Å². The average Bonchev–Trinajstić information content (AvgIpc) is 3.07. The SMILES string of the molecule is Cc1ccc(-n2nc(C(C)(C)C)c3c2N(CC(=O)O)C(=O)CSC3c2ccc(F)cc2F)c(C)c1. The number of carboxylic acids is 1. The van der Waals surface area contributed by atoms with Crippen molar-refractivity contribution >= 4 is 29.5 Å². The van der Waals surface area contributed by atoms with Crippen LogP contribution in [0.3, 0.4) is 0 Å². The third-order valence-electron chi connectivity index (χ3n) is 5.92. The molecule has 2 heterocycles. The Morgan fingerprint density at radius 2 is 1.89 bits per heavy atom. The zero-order chi connectivity index (χ0) is 25.7. The molecule has 1 aromatic heterocycles. The first-order valence-electron chi connectivity index (χ1n) is 11.2. The van der Waals surface area contributed by atoms with Crippen LogP contribution in [0.1, 0.15) is 54.0 Å². The Balaban J connectivity index is 2.11. The van der Waals surface area contributed by atoms with Crippen molar-refractivity contribution in [3.05, 3.63) is 76.0 Å². The van der Waals surface area contributed by atoms with E-state index < -0.39 is 40.7 Å². The number of rotatable bonds is 4. The second-order valence-corrected chi connectivity index (χ2v) is 10.9. The molecule has 0 saturated carbocycles. The first-order chi connectivity index (χ1) is 16.4. The maximum absolute atomic E-state index is 15.1. The van der Waals surface area contributed by atoms with Gasteiger partial charge in [-0.05, 0) is 31.5 Å². The second kappa shape index (κ2) is 9.11. The zero-order valence-electron chi connectivity index (χ0n) is 20.2. The Bertz CT molecular complexity index is 1330. The van der Waals surface area contributed by atoms with Gasteiger partial charge in [0.2, 0.25) is 5.91 Å². The number of carbonyl (C=O) groups excluding carboxylic acids is 1. The maximum Gasteiger partial charge on any atom is 0.323 e. The summed E-state index contributed by atoms with van der Waals surface area (Å²) in [5.41, 5.74) is 3.48. The number of benzene rings is 2. The summed E-state index contributed by atoms with van der Waals surface area (Å²) in [5.74, 6) is -2.79. The molecule has 3 aromatic rings. The number of aryl methyl sites for hydroxylation is 2. The number of hydrogen-bond donors (Lipinski definition) is 1. The van der Waals surface area contributed by atoms with Gasteiger partial charge in [0.25, 0.3) is 0 Å². The third kappa shape index (κ3) is 4.69. The molecule has 1 aliphatic heterocycles. The summed E-state index contributed by atoms with van der Waals surface area (Å²) in [5, 5.41) is 13.9. The van der Waals surface area contributed by atoms with E-state index in [0.717, 1.165) is 17.2 Å². The lowest BCUT2D eigenvalue weighted by molar-refractivity contribution is -0.136.